The van der Waals surface area contributed by atoms with Crippen molar-refractivity contribution in [3.63, 3.8) is 0 Å². The number of carbonyl (C=O) groups excluding carboxylic acids is 1. The Labute approximate surface area is 107 Å². The fraction of sp³-hybridized carbons (Fsp3) is 0.615. The lowest BCUT2D eigenvalue weighted by Gasteiger charge is -2.36. The first kappa shape index (κ1) is 12.5. The molecule has 1 fully saturated rings. The largest absolute Gasteiger partial charge is 0.469 e. The molecule has 1 N–H and O–H groups in total. The first-order valence-corrected chi connectivity index (χ1v) is 6.62. The number of nitrogens with one attached hydrogen (secondary N) is 1. The predicted octanol–water partition coefficient (Wildman–Crippen LogP) is 3.26. The molecular weight excluding hydrogens is 238 g/mol. The van der Waals surface area contributed by atoms with Crippen molar-refractivity contribution in [2.75, 3.05) is 5.88 Å². The molecule has 1 aliphatic carbocycles. The molecule has 1 aromatic heterocycles. The number of amides is 1. The lowest BCUT2D eigenvalue weighted by molar-refractivity contribution is 0.0884. The van der Waals surface area contributed by atoms with E-state index in [4.69, 9.17) is 16.0 Å². The molecule has 0 unspecified atom stereocenters. The van der Waals surface area contributed by atoms with Gasteiger partial charge in [-0.25, -0.2) is 0 Å². The topological polar surface area (TPSA) is 42.2 Å². The molecule has 1 aliphatic rings. The van der Waals surface area contributed by atoms with Crippen molar-refractivity contribution in [3.8, 4) is 0 Å². The second-order valence-electron chi connectivity index (χ2n) is 4.87. The van der Waals surface area contributed by atoms with Crippen LogP contribution in [0.3, 0.4) is 0 Å². The maximum absolute atomic E-state index is 12.1. The Morgan fingerprint density at radius 2 is 2.18 bits per heavy atom. The average molecular weight is 256 g/mol. The van der Waals surface area contributed by atoms with Gasteiger partial charge in [-0.05, 0) is 25.8 Å². The van der Waals surface area contributed by atoms with Gasteiger partial charge < -0.3 is 9.73 Å². The van der Waals surface area contributed by atoms with Crippen LogP contribution in [-0.4, -0.2) is 17.3 Å². The van der Waals surface area contributed by atoms with Gasteiger partial charge in [0.1, 0.15) is 12.0 Å². The second kappa shape index (κ2) is 5.13. The van der Waals surface area contributed by atoms with E-state index in [1.54, 1.807) is 6.07 Å². The van der Waals surface area contributed by atoms with Gasteiger partial charge in [-0.15, -0.1) is 11.6 Å². The monoisotopic (exact) mass is 255 g/mol. The molecule has 0 bridgehead atoms. The fourth-order valence-electron chi connectivity index (χ4n) is 2.40. The van der Waals surface area contributed by atoms with Crippen molar-refractivity contribution < 1.29 is 9.21 Å². The normalized spacial score (nSPS) is 18.9. The molecule has 1 saturated carbocycles. The lowest BCUT2D eigenvalue weighted by Crippen LogP contribution is -2.51. The highest BCUT2D eigenvalue weighted by atomic mass is 35.5. The number of furan rings is 1. The van der Waals surface area contributed by atoms with Gasteiger partial charge in [0.25, 0.3) is 5.91 Å². The molecule has 3 nitrogen and oxygen atoms in total. The summed E-state index contributed by atoms with van der Waals surface area (Å²) >= 11 is 6.04. The molecule has 0 radical (unpaired) electrons. The van der Waals surface area contributed by atoms with E-state index >= 15 is 0 Å². The highest BCUT2D eigenvalue weighted by Gasteiger charge is 2.33. The van der Waals surface area contributed by atoms with Crippen LogP contribution in [0.25, 0.3) is 0 Å². The summed E-state index contributed by atoms with van der Waals surface area (Å²) in [5.41, 5.74) is 0.361. The minimum atomic E-state index is -0.220. The zero-order chi connectivity index (χ0) is 12.3. The Kier molecular flexibility index (Phi) is 3.77. The SMILES string of the molecule is Cc1cc(C(=O)NC2(CCl)CCCCC2)co1. The number of hydrogen-bond acceptors (Lipinski definition) is 2. The van der Waals surface area contributed by atoms with E-state index in [1.165, 1.54) is 12.7 Å². The Morgan fingerprint density at radius 3 is 2.71 bits per heavy atom. The molecule has 0 aromatic carbocycles. The second-order valence-corrected chi connectivity index (χ2v) is 5.14. The molecule has 1 amide bonds. The fourth-order valence-corrected chi connectivity index (χ4v) is 2.73. The Bertz CT molecular complexity index is 394. The van der Waals surface area contributed by atoms with Crippen LogP contribution in [-0.2, 0) is 0 Å². The molecule has 1 aromatic rings. The molecule has 0 aliphatic heterocycles. The number of rotatable bonds is 3. The third-order valence-electron chi connectivity index (χ3n) is 3.44. The Hall–Kier alpha value is -0.960. The van der Waals surface area contributed by atoms with E-state index in [0.29, 0.717) is 11.4 Å². The summed E-state index contributed by atoms with van der Waals surface area (Å²) < 4.78 is 5.15. The van der Waals surface area contributed by atoms with Crippen molar-refractivity contribution in [1.29, 1.82) is 0 Å². The first-order chi connectivity index (χ1) is 8.15. The quantitative estimate of drug-likeness (QED) is 0.843. The molecule has 2 rings (SSSR count). The number of carbonyl (C=O) groups is 1. The van der Waals surface area contributed by atoms with Crippen LogP contribution in [0.1, 0.15) is 48.2 Å². The van der Waals surface area contributed by atoms with Crippen molar-refractivity contribution in [2.24, 2.45) is 0 Å². The van der Waals surface area contributed by atoms with Gasteiger partial charge in [0, 0.05) is 5.88 Å². The minimum absolute atomic E-state index is 0.0793. The van der Waals surface area contributed by atoms with Crippen LogP contribution >= 0.6 is 11.6 Å². The van der Waals surface area contributed by atoms with Gasteiger partial charge in [-0.3, -0.25) is 4.79 Å². The van der Waals surface area contributed by atoms with E-state index in [2.05, 4.69) is 5.32 Å². The molecule has 94 valence electrons. The molecule has 0 spiro atoms. The molecular formula is C13H18ClNO2. The van der Waals surface area contributed by atoms with Crippen LogP contribution in [0.5, 0.6) is 0 Å². The zero-order valence-electron chi connectivity index (χ0n) is 10.1. The van der Waals surface area contributed by atoms with E-state index in [1.807, 2.05) is 6.92 Å². The average Bonchev–Trinajstić information content (AvgIpc) is 2.77. The van der Waals surface area contributed by atoms with Crippen molar-refractivity contribution in [3.05, 3.63) is 23.7 Å². The van der Waals surface area contributed by atoms with Crippen molar-refractivity contribution in [1.82, 2.24) is 5.32 Å². The Balaban J connectivity index is 2.05. The highest BCUT2D eigenvalue weighted by molar-refractivity contribution is 6.19. The van der Waals surface area contributed by atoms with E-state index in [-0.39, 0.29) is 11.4 Å². The smallest absolute Gasteiger partial charge is 0.255 e. The van der Waals surface area contributed by atoms with E-state index in [0.717, 1.165) is 31.4 Å². The summed E-state index contributed by atoms with van der Waals surface area (Å²) in [6.07, 6.45) is 6.95. The summed E-state index contributed by atoms with van der Waals surface area (Å²) in [5, 5.41) is 3.08. The van der Waals surface area contributed by atoms with Gasteiger partial charge in [-0.2, -0.15) is 0 Å². The van der Waals surface area contributed by atoms with Crippen LogP contribution in [0.15, 0.2) is 16.7 Å². The molecule has 0 saturated heterocycles. The maximum Gasteiger partial charge on any atom is 0.255 e. The number of hydrogen-bond donors (Lipinski definition) is 1. The maximum atomic E-state index is 12.1. The van der Waals surface area contributed by atoms with Gasteiger partial charge in [0.05, 0.1) is 11.1 Å². The van der Waals surface area contributed by atoms with Crippen LogP contribution in [0.2, 0.25) is 0 Å². The minimum Gasteiger partial charge on any atom is -0.469 e. The van der Waals surface area contributed by atoms with E-state index in [9.17, 15) is 4.79 Å². The summed E-state index contributed by atoms with van der Waals surface area (Å²) in [6, 6.07) is 1.75. The van der Waals surface area contributed by atoms with Crippen LogP contribution in [0.4, 0.5) is 0 Å². The molecule has 0 atom stereocenters. The third kappa shape index (κ3) is 2.83. The summed E-state index contributed by atoms with van der Waals surface area (Å²) in [6.45, 7) is 1.83. The summed E-state index contributed by atoms with van der Waals surface area (Å²) in [7, 11) is 0. The van der Waals surface area contributed by atoms with E-state index < -0.39 is 0 Å². The van der Waals surface area contributed by atoms with Gasteiger partial charge in [0.2, 0.25) is 0 Å². The first-order valence-electron chi connectivity index (χ1n) is 6.09. The summed E-state index contributed by atoms with van der Waals surface area (Å²) in [4.78, 5) is 12.1. The zero-order valence-corrected chi connectivity index (χ0v) is 10.8. The number of aryl methyl sites for hydroxylation is 1. The standard InChI is InChI=1S/C13H18ClNO2/c1-10-7-11(8-17-10)12(16)15-13(9-14)5-3-2-4-6-13/h7-8H,2-6,9H2,1H3,(H,15,16). The van der Waals surface area contributed by atoms with Crippen molar-refractivity contribution >= 4 is 17.5 Å². The van der Waals surface area contributed by atoms with Crippen LogP contribution in [0, 0.1) is 6.92 Å². The molecule has 1 heterocycles. The molecule has 4 heteroatoms. The summed E-state index contributed by atoms with van der Waals surface area (Å²) in [5.74, 6) is 1.15. The predicted molar refractivity (Wildman–Crippen MR) is 67.4 cm³/mol. The highest BCUT2D eigenvalue weighted by Crippen LogP contribution is 2.29. The molecule has 17 heavy (non-hydrogen) atoms. The Morgan fingerprint density at radius 1 is 1.47 bits per heavy atom. The number of alkyl halides is 1. The van der Waals surface area contributed by atoms with Gasteiger partial charge in [0.15, 0.2) is 0 Å². The van der Waals surface area contributed by atoms with Gasteiger partial charge in [-0.1, -0.05) is 19.3 Å². The van der Waals surface area contributed by atoms with Gasteiger partial charge >= 0.3 is 0 Å². The lowest BCUT2D eigenvalue weighted by atomic mass is 9.83. The number of halogens is 1. The third-order valence-corrected chi connectivity index (χ3v) is 3.95. The van der Waals surface area contributed by atoms with Crippen molar-refractivity contribution in [2.45, 2.75) is 44.6 Å². The van der Waals surface area contributed by atoms with Crippen LogP contribution < -0.4 is 5.32 Å².